The largest absolute Gasteiger partial charge is 0.379 e. The molecule has 2 aliphatic heterocycles. The first-order chi connectivity index (χ1) is 10.7. The van der Waals surface area contributed by atoms with E-state index in [4.69, 9.17) is 9.47 Å². The van der Waals surface area contributed by atoms with Crippen LogP contribution in [0.5, 0.6) is 0 Å². The number of amides is 1. The molecular formula is C18H25NO3. The number of hydrogen-bond donors (Lipinski definition) is 0. The van der Waals surface area contributed by atoms with Crippen molar-refractivity contribution in [3.63, 3.8) is 0 Å². The van der Waals surface area contributed by atoms with Gasteiger partial charge in [-0.05, 0) is 37.0 Å². The first-order valence-electron chi connectivity index (χ1n) is 8.21. The minimum atomic E-state index is -0.0659. The van der Waals surface area contributed by atoms with Crippen molar-refractivity contribution >= 4 is 5.91 Å². The molecular weight excluding hydrogens is 278 g/mol. The van der Waals surface area contributed by atoms with Crippen molar-refractivity contribution in [3.05, 3.63) is 35.4 Å². The zero-order valence-corrected chi connectivity index (χ0v) is 13.5. The Morgan fingerprint density at radius 1 is 1.32 bits per heavy atom. The molecule has 22 heavy (non-hydrogen) atoms. The van der Waals surface area contributed by atoms with E-state index in [1.54, 1.807) is 7.11 Å². The van der Waals surface area contributed by atoms with Gasteiger partial charge in [0.2, 0.25) is 0 Å². The molecule has 4 nitrogen and oxygen atoms in total. The first-order valence-corrected chi connectivity index (χ1v) is 8.21. The lowest BCUT2D eigenvalue weighted by molar-refractivity contribution is -0.0402. The second kappa shape index (κ2) is 6.39. The van der Waals surface area contributed by atoms with Gasteiger partial charge in [-0.15, -0.1) is 0 Å². The number of rotatable bonds is 3. The molecule has 2 heterocycles. The van der Waals surface area contributed by atoms with Crippen LogP contribution in [0.4, 0.5) is 0 Å². The van der Waals surface area contributed by atoms with Crippen LogP contribution in [0.3, 0.4) is 0 Å². The molecule has 120 valence electrons. The van der Waals surface area contributed by atoms with Crippen molar-refractivity contribution in [2.24, 2.45) is 0 Å². The van der Waals surface area contributed by atoms with Crippen LogP contribution in [-0.4, -0.2) is 49.3 Å². The Hall–Kier alpha value is -1.39. The van der Waals surface area contributed by atoms with Crippen LogP contribution in [0.15, 0.2) is 24.3 Å². The molecule has 0 aliphatic carbocycles. The van der Waals surface area contributed by atoms with Crippen LogP contribution >= 0.6 is 0 Å². The lowest BCUT2D eigenvalue weighted by Crippen LogP contribution is -2.46. The van der Waals surface area contributed by atoms with Gasteiger partial charge in [0.1, 0.15) is 0 Å². The van der Waals surface area contributed by atoms with E-state index in [0.717, 1.165) is 44.3 Å². The Morgan fingerprint density at radius 3 is 2.55 bits per heavy atom. The van der Waals surface area contributed by atoms with Crippen LogP contribution in [0.25, 0.3) is 0 Å². The van der Waals surface area contributed by atoms with Gasteiger partial charge < -0.3 is 14.4 Å². The summed E-state index contributed by atoms with van der Waals surface area (Å²) in [5.74, 6) is 0.138. The monoisotopic (exact) mass is 303 g/mol. The number of ether oxygens (including phenoxy) is 2. The number of hydrogen-bond acceptors (Lipinski definition) is 3. The lowest BCUT2D eigenvalue weighted by Gasteiger charge is -2.38. The van der Waals surface area contributed by atoms with E-state index in [1.807, 2.05) is 29.2 Å². The van der Waals surface area contributed by atoms with Gasteiger partial charge >= 0.3 is 0 Å². The third-order valence-corrected chi connectivity index (χ3v) is 5.08. The smallest absolute Gasteiger partial charge is 0.253 e. The SMILES string of the molecule is CCc1ccc(C(=O)N2CCC3(CC2)CC(OC)CO3)cc1. The summed E-state index contributed by atoms with van der Waals surface area (Å²) in [7, 11) is 1.74. The summed E-state index contributed by atoms with van der Waals surface area (Å²) in [6, 6.07) is 7.97. The van der Waals surface area contributed by atoms with Crippen LogP contribution in [0.1, 0.15) is 42.1 Å². The normalized spacial score (nSPS) is 23.9. The van der Waals surface area contributed by atoms with Crippen molar-refractivity contribution in [2.75, 3.05) is 26.8 Å². The Labute approximate surface area is 132 Å². The highest BCUT2D eigenvalue weighted by Gasteiger charge is 2.43. The molecule has 0 N–H and O–H groups in total. The number of benzene rings is 1. The number of likely N-dealkylation sites (tertiary alicyclic amines) is 1. The molecule has 3 rings (SSSR count). The van der Waals surface area contributed by atoms with Gasteiger partial charge in [-0.2, -0.15) is 0 Å². The molecule has 1 spiro atoms. The fourth-order valence-corrected chi connectivity index (χ4v) is 3.49. The fourth-order valence-electron chi connectivity index (χ4n) is 3.49. The summed E-state index contributed by atoms with van der Waals surface area (Å²) in [4.78, 5) is 14.5. The second-order valence-corrected chi connectivity index (χ2v) is 6.40. The van der Waals surface area contributed by atoms with E-state index in [-0.39, 0.29) is 17.6 Å². The molecule has 1 unspecified atom stereocenters. The van der Waals surface area contributed by atoms with Crippen molar-refractivity contribution in [1.29, 1.82) is 0 Å². The van der Waals surface area contributed by atoms with Gasteiger partial charge in [0.15, 0.2) is 0 Å². The van der Waals surface area contributed by atoms with Gasteiger partial charge in [-0.3, -0.25) is 4.79 Å². The van der Waals surface area contributed by atoms with Crippen LogP contribution < -0.4 is 0 Å². The maximum Gasteiger partial charge on any atom is 0.253 e. The van der Waals surface area contributed by atoms with Gasteiger partial charge in [0, 0.05) is 32.2 Å². The van der Waals surface area contributed by atoms with Crippen molar-refractivity contribution in [2.45, 2.75) is 44.3 Å². The average molecular weight is 303 g/mol. The lowest BCUT2D eigenvalue weighted by atomic mass is 9.87. The summed E-state index contributed by atoms with van der Waals surface area (Å²) in [6.07, 6.45) is 3.98. The van der Waals surface area contributed by atoms with Gasteiger partial charge in [0.05, 0.1) is 18.3 Å². The number of nitrogens with zero attached hydrogens (tertiary/aromatic N) is 1. The molecule has 1 atom stereocenters. The first kappa shape index (κ1) is 15.5. The molecule has 0 radical (unpaired) electrons. The molecule has 2 fully saturated rings. The van der Waals surface area contributed by atoms with E-state index < -0.39 is 0 Å². The van der Waals surface area contributed by atoms with Gasteiger partial charge in [-0.25, -0.2) is 0 Å². The second-order valence-electron chi connectivity index (χ2n) is 6.40. The van der Waals surface area contributed by atoms with Crippen LogP contribution in [-0.2, 0) is 15.9 Å². The highest BCUT2D eigenvalue weighted by Crippen LogP contribution is 2.37. The Bertz CT molecular complexity index is 518. The third-order valence-electron chi connectivity index (χ3n) is 5.08. The summed E-state index contributed by atoms with van der Waals surface area (Å²) >= 11 is 0. The molecule has 0 bridgehead atoms. The molecule has 1 aromatic rings. The quantitative estimate of drug-likeness (QED) is 0.862. The number of carbonyl (C=O) groups excluding carboxylic acids is 1. The fraction of sp³-hybridized carbons (Fsp3) is 0.611. The number of piperidine rings is 1. The number of aryl methyl sites for hydroxylation is 1. The number of methoxy groups -OCH3 is 1. The number of carbonyl (C=O) groups is 1. The third kappa shape index (κ3) is 3.03. The topological polar surface area (TPSA) is 38.8 Å². The van der Waals surface area contributed by atoms with E-state index in [0.29, 0.717) is 6.61 Å². The van der Waals surface area contributed by atoms with E-state index in [9.17, 15) is 4.79 Å². The Balaban J connectivity index is 1.60. The predicted octanol–water partition coefficient (Wildman–Crippen LogP) is 2.66. The highest BCUT2D eigenvalue weighted by molar-refractivity contribution is 5.94. The summed E-state index contributed by atoms with van der Waals surface area (Å²) < 4.78 is 11.4. The van der Waals surface area contributed by atoms with E-state index in [2.05, 4.69) is 6.92 Å². The van der Waals surface area contributed by atoms with Gasteiger partial charge in [0.25, 0.3) is 5.91 Å². The summed E-state index contributed by atoms with van der Waals surface area (Å²) in [5.41, 5.74) is 1.98. The molecule has 0 aromatic heterocycles. The highest BCUT2D eigenvalue weighted by atomic mass is 16.6. The molecule has 2 saturated heterocycles. The summed E-state index contributed by atoms with van der Waals surface area (Å²) in [6.45, 7) is 4.34. The minimum Gasteiger partial charge on any atom is -0.379 e. The van der Waals surface area contributed by atoms with Crippen molar-refractivity contribution < 1.29 is 14.3 Å². The van der Waals surface area contributed by atoms with Crippen LogP contribution in [0.2, 0.25) is 0 Å². The minimum absolute atomic E-state index is 0.0659. The van der Waals surface area contributed by atoms with Crippen molar-refractivity contribution in [3.8, 4) is 0 Å². The molecule has 1 amide bonds. The zero-order chi connectivity index (χ0) is 15.6. The van der Waals surface area contributed by atoms with Gasteiger partial charge in [-0.1, -0.05) is 19.1 Å². The Morgan fingerprint density at radius 2 is 2.00 bits per heavy atom. The summed E-state index contributed by atoms with van der Waals surface area (Å²) in [5, 5.41) is 0. The van der Waals surface area contributed by atoms with E-state index in [1.165, 1.54) is 5.56 Å². The average Bonchev–Trinajstić information content (AvgIpc) is 2.98. The molecule has 4 heteroatoms. The molecule has 0 saturated carbocycles. The molecule has 2 aliphatic rings. The van der Waals surface area contributed by atoms with Crippen molar-refractivity contribution in [1.82, 2.24) is 4.90 Å². The van der Waals surface area contributed by atoms with E-state index >= 15 is 0 Å². The zero-order valence-electron chi connectivity index (χ0n) is 13.5. The van der Waals surface area contributed by atoms with Crippen LogP contribution in [0, 0.1) is 0 Å². The molecule has 1 aromatic carbocycles. The maximum absolute atomic E-state index is 12.6. The predicted molar refractivity (Wildman–Crippen MR) is 85.1 cm³/mol. The standard InChI is InChI=1S/C18H25NO3/c1-3-14-4-6-15(7-5-14)17(20)19-10-8-18(9-11-19)12-16(21-2)13-22-18/h4-7,16H,3,8-13H2,1-2H3. The Kier molecular flexibility index (Phi) is 4.50. The maximum atomic E-state index is 12.6.